The SMILES string of the molecule is C=C=C1C[C@H](C(=O)n2cccc2)[C@@H](c2cccnc2)C1. The Morgan fingerprint density at radius 2 is 2.10 bits per heavy atom. The summed E-state index contributed by atoms with van der Waals surface area (Å²) in [5, 5.41) is 0. The number of rotatable bonds is 2. The van der Waals surface area contributed by atoms with Crippen molar-refractivity contribution in [2.45, 2.75) is 18.8 Å². The van der Waals surface area contributed by atoms with Crippen LogP contribution in [0.2, 0.25) is 0 Å². The summed E-state index contributed by atoms with van der Waals surface area (Å²) in [4.78, 5) is 16.8. The van der Waals surface area contributed by atoms with Crippen LogP contribution in [0.25, 0.3) is 0 Å². The van der Waals surface area contributed by atoms with Gasteiger partial charge in [-0.2, -0.15) is 0 Å². The van der Waals surface area contributed by atoms with Crippen LogP contribution in [0.1, 0.15) is 29.1 Å². The normalized spacial score (nSPS) is 21.7. The summed E-state index contributed by atoms with van der Waals surface area (Å²) in [6.07, 6.45) is 8.79. The number of carbonyl (C=O) groups is 1. The second-order valence-electron chi connectivity index (χ2n) is 5.12. The maximum atomic E-state index is 12.6. The zero-order valence-electron chi connectivity index (χ0n) is 11.2. The van der Waals surface area contributed by atoms with Crippen LogP contribution >= 0.6 is 0 Å². The van der Waals surface area contributed by atoms with Gasteiger partial charge in [-0.1, -0.05) is 12.6 Å². The lowest BCUT2D eigenvalue weighted by molar-refractivity contribution is 0.0827. The fraction of sp³-hybridized carbons (Fsp3) is 0.235. The first kappa shape index (κ1) is 12.6. The second kappa shape index (κ2) is 5.32. The van der Waals surface area contributed by atoms with E-state index in [4.69, 9.17) is 0 Å². The summed E-state index contributed by atoms with van der Waals surface area (Å²) in [6, 6.07) is 7.70. The lowest BCUT2D eigenvalue weighted by Crippen LogP contribution is -2.23. The Bertz CT molecular complexity index is 652. The Hall–Kier alpha value is -2.38. The molecular formula is C17H16N2O. The number of hydrogen-bond donors (Lipinski definition) is 0. The Labute approximate surface area is 118 Å². The number of hydrogen-bond acceptors (Lipinski definition) is 2. The Morgan fingerprint density at radius 1 is 1.30 bits per heavy atom. The predicted octanol–water partition coefficient (Wildman–Crippen LogP) is 3.43. The van der Waals surface area contributed by atoms with Crippen molar-refractivity contribution in [1.29, 1.82) is 0 Å². The van der Waals surface area contributed by atoms with Gasteiger partial charge in [0.05, 0.1) is 5.92 Å². The first-order chi connectivity index (χ1) is 9.79. The third-order valence-corrected chi connectivity index (χ3v) is 3.96. The quantitative estimate of drug-likeness (QED) is 0.779. The van der Waals surface area contributed by atoms with Gasteiger partial charge in [-0.3, -0.25) is 14.3 Å². The third kappa shape index (κ3) is 2.24. The molecule has 2 atom stereocenters. The van der Waals surface area contributed by atoms with Crippen LogP contribution in [0.5, 0.6) is 0 Å². The van der Waals surface area contributed by atoms with E-state index >= 15 is 0 Å². The van der Waals surface area contributed by atoms with E-state index in [1.807, 2.05) is 30.5 Å². The van der Waals surface area contributed by atoms with Gasteiger partial charge in [0.25, 0.3) is 0 Å². The van der Waals surface area contributed by atoms with E-state index in [1.165, 1.54) is 0 Å². The third-order valence-electron chi connectivity index (χ3n) is 3.96. The van der Waals surface area contributed by atoms with Gasteiger partial charge in [-0.05, 0) is 42.2 Å². The van der Waals surface area contributed by atoms with Crippen molar-refractivity contribution in [3.05, 3.63) is 72.5 Å². The average Bonchev–Trinajstić information content (AvgIpc) is 3.17. The number of allylic oxidation sites excluding steroid dienone is 1. The molecule has 1 aliphatic rings. The molecule has 2 heterocycles. The standard InChI is InChI=1S/C17H16N2O/c1-2-13-10-15(14-6-5-7-18-12-14)16(11-13)17(20)19-8-3-4-9-19/h3-9,12,15-16H,1,10-11H2/t15-,16+/m1/s1. The van der Waals surface area contributed by atoms with Gasteiger partial charge in [0, 0.05) is 30.7 Å². The molecule has 3 nitrogen and oxygen atoms in total. The fourth-order valence-corrected chi connectivity index (χ4v) is 2.92. The maximum absolute atomic E-state index is 12.6. The van der Waals surface area contributed by atoms with Crippen molar-refractivity contribution >= 4 is 5.91 Å². The Balaban J connectivity index is 1.95. The minimum Gasteiger partial charge on any atom is -0.294 e. The monoisotopic (exact) mass is 264 g/mol. The molecule has 0 unspecified atom stereocenters. The molecule has 1 saturated carbocycles. The first-order valence-electron chi connectivity index (χ1n) is 6.74. The average molecular weight is 264 g/mol. The minimum absolute atomic E-state index is 0.0594. The number of carbonyl (C=O) groups excluding carboxylic acids is 1. The summed E-state index contributed by atoms with van der Waals surface area (Å²) in [5.41, 5.74) is 5.22. The highest BCUT2D eigenvalue weighted by molar-refractivity contribution is 5.83. The Kier molecular flexibility index (Phi) is 3.36. The molecule has 0 bridgehead atoms. The Morgan fingerprint density at radius 3 is 2.75 bits per heavy atom. The van der Waals surface area contributed by atoms with Crippen LogP contribution in [0.15, 0.2) is 66.9 Å². The first-order valence-corrected chi connectivity index (χ1v) is 6.74. The van der Waals surface area contributed by atoms with E-state index in [-0.39, 0.29) is 17.7 Å². The molecule has 0 amide bonds. The zero-order valence-corrected chi connectivity index (χ0v) is 11.2. The van der Waals surface area contributed by atoms with Crippen LogP contribution in [-0.4, -0.2) is 15.5 Å². The molecule has 0 aromatic carbocycles. The van der Waals surface area contributed by atoms with E-state index < -0.39 is 0 Å². The van der Waals surface area contributed by atoms with Gasteiger partial charge in [0.1, 0.15) is 0 Å². The van der Waals surface area contributed by atoms with Gasteiger partial charge < -0.3 is 0 Å². The molecule has 2 aromatic heterocycles. The lowest BCUT2D eigenvalue weighted by Gasteiger charge is -2.18. The van der Waals surface area contributed by atoms with E-state index in [0.29, 0.717) is 0 Å². The maximum Gasteiger partial charge on any atom is 0.234 e. The topological polar surface area (TPSA) is 34.9 Å². The molecule has 20 heavy (non-hydrogen) atoms. The molecular weight excluding hydrogens is 248 g/mol. The molecule has 2 aromatic rings. The summed E-state index contributed by atoms with van der Waals surface area (Å²) in [6.45, 7) is 3.73. The van der Waals surface area contributed by atoms with E-state index in [0.717, 1.165) is 24.0 Å². The number of aromatic nitrogens is 2. The van der Waals surface area contributed by atoms with Crippen molar-refractivity contribution in [2.24, 2.45) is 5.92 Å². The lowest BCUT2D eigenvalue weighted by atomic mass is 9.89. The van der Waals surface area contributed by atoms with Crippen LogP contribution in [0, 0.1) is 5.92 Å². The van der Waals surface area contributed by atoms with Crippen molar-refractivity contribution in [1.82, 2.24) is 9.55 Å². The van der Waals surface area contributed by atoms with Crippen LogP contribution < -0.4 is 0 Å². The van der Waals surface area contributed by atoms with Gasteiger partial charge in [0.15, 0.2) is 0 Å². The molecule has 0 N–H and O–H groups in total. The molecule has 1 fully saturated rings. The van der Waals surface area contributed by atoms with Gasteiger partial charge in [-0.15, -0.1) is 5.73 Å². The van der Waals surface area contributed by atoms with Crippen LogP contribution in [-0.2, 0) is 0 Å². The highest BCUT2D eigenvalue weighted by Crippen LogP contribution is 2.42. The summed E-state index contributed by atoms with van der Waals surface area (Å²) in [7, 11) is 0. The van der Waals surface area contributed by atoms with Crippen molar-refractivity contribution in [3.63, 3.8) is 0 Å². The smallest absolute Gasteiger partial charge is 0.234 e. The van der Waals surface area contributed by atoms with Crippen molar-refractivity contribution in [3.8, 4) is 0 Å². The second-order valence-corrected chi connectivity index (χ2v) is 5.12. The molecule has 0 aliphatic heterocycles. The molecule has 3 rings (SSSR count). The predicted molar refractivity (Wildman–Crippen MR) is 77.4 cm³/mol. The highest BCUT2D eigenvalue weighted by atomic mass is 16.2. The summed E-state index contributed by atoms with van der Waals surface area (Å²) in [5.74, 6) is 0.243. The fourth-order valence-electron chi connectivity index (χ4n) is 2.92. The van der Waals surface area contributed by atoms with E-state index in [2.05, 4.69) is 17.3 Å². The van der Waals surface area contributed by atoms with E-state index in [1.54, 1.807) is 23.2 Å². The molecule has 3 heteroatoms. The van der Waals surface area contributed by atoms with Gasteiger partial charge >= 0.3 is 0 Å². The largest absolute Gasteiger partial charge is 0.294 e. The molecule has 1 aliphatic carbocycles. The molecule has 0 radical (unpaired) electrons. The summed E-state index contributed by atoms with van der Waals surface area (Å²) < 4.78 is 1.67. The molecule has 0 saturated heterocycles. The highest BCUT2D eigenvalue weighted by Gasteiger charge is 2.37. The number of pyridine rings is 1. The van der Waals surface area contributed by atoms with Gasteiger partial charge in [-0.25, -0.2) is 0 Å². The van der Waals surface area contributed by atoms with Crippen LogP contribution in [0.4, 0.5) is 0 Å². The molecule has 0 spiro atoms. The zero-order chi connectivity index (χ0) is 13.9. The molecule has 100 valence electrons. The number of nitrogens with zero attached hydrogens (tertiary/aromatic N) is 2. The van der Waals surface area contributed by atoms with Gasteiger partial charge in [0.2, 0.25) is 5.91 Å². The van der Waals surface area contributed by atoms with Crippen molar-refractivity contribution in [2.75, 3.05) is 0 Å². The van der Waals surface area contributed by atoms with E-state index in [9.17, 15) is 4.79 Å². The van der Waals surface area contributed by atoms with Crippen LogP contribution in [0.3, 0.4) is 0 Å². The summed E-state index contributed by atoms with van der Waals surface area (Å²) >= 11 is 0. The van der Waals surface area contributed by atoms with Crippen molar-refractivity contribution < 1.29 is 4.79 Å². The minimum atomic E-state index is -0.0594.